The van der Waals surface area contributed by atoms with Crippen LogP contribution >= 0.6 is 0 Å². The minimum absolute atomic E-state index is 0.0556. The van der Waals surface area contributed by atoms with Gasteiger partial charge in [0.25, 0.3) is 0 Å². The Morgan fingerprint density at radius 3 is 2.54 bits per heavy atom. The molecule has 0 spiro atoms. The zero-order valence-electron chi connectivity index (χ0n) is 15.7. The highest BCUT2D eigenvalue weighted by Gasteiger charge is 2.54. The van der Waals surface area contributed by atoms with Gasteiger partial charge in [-0.15, -0.1) is 0 Å². The van der Waals surface area contributed by atoms with Gasteiger partial charge in [0.1, 0.15) is 0 Å². The quantitative estimate of drug-likeness (QED) is 0.772. The average Bonchev–Trinajstić information content (AvgIpc) is 3.35. The highest BCUT2D eigenvalue weighted by Crippen LogP contribution is 2.63. The molecule has 5 nitrogen and oxygen atoms in total. The molecule has 5 rings (SSSR count). The summed E-state index contributed by atoms with van der Waals surface area (Å²) in [4.78, 5) is 23.6. The van der Waals surface area contributed by atoms with E-state index in [1.807, 2.05) is 18.2 Å². The van der Waals surface area contributed by atoms with Gasteiger partial charge in [0.05, 0.1) is 30.0 Å². The van der Waals surface area contributed by atoms with Crippen LogP contribution in [0.1, 0.15) is 63.1 Å². The number of methoxy groups -OCH3 is 1. The van der Waals surface area contributed by atoms with Gasteiger partial charge in [0, 0.05) is 0 Å². The fraction of sp³-hybridized carbons (Fsp3) is 0.391. The van der Waals surface area contributed by atoms with Crippen molar-refractivity contribution in [3.63, 3.8) is 0 Å². The molecule has 0 aromatic heterocycles. The Morgan fingerprint density at radius 2 is 1.82 bits per heavy atom. The van der Waals surface area contributed by atoms with Gasteiger partial charge in [-0.1, -0.05) is 24.3 Å². The summed E-state index contributed by atoms with van der Waals surface area (Å²) in [5.74, 6) is 0.912. The highest BCUT2D eigenvalue weighted by molar-refractivity contribution is 5.95. The lowest BCUT2D eigenvalue weighted by atomic mass is 9.67. The number of hydrogen-bond donors (Lipinski definition) is 2. The maximum absolute atomic E-state index is 11.8. The maximum atomic E-state index is 11.8. The Bertz CT molecular complexity index is 952. The van der Waals surface area contributed by atoms with E-state index >= 15 is 0 Å². The first-order chi connectivity index (χ1) is 13.6. The molecule has 5 heteroatoms. The number of rotatable bonds is 3. The van der Waals surface area contributed by atoms with Crippen LogP contribution < -0.4 is 5.32 Å². The molecular formula is C23H23NO4. The average molecular weight is 377 g/mol. The molecule has 0 radical (unpaired) electrons. The number of carboxylic acids is 1. The molecule has 28 heavy (non-hydrogen) atoms. The van der Waals surface area contributed by atoms with Crippen molar-refractivity contribution in [3.8, 4) is 0 Å². The number of aromatic carboxylic acids is 1. The summed E-state index contributed by atoms with van der Waals surface area (Å²) in [6.45, 7) is 0. The van der Waals surface area contributed by atoms with Gasteiger partial charge < -0.3 is 15.2 Å². The molecule has 1 aliphatic heterocycles. The van der Waals surface area contributed by atoms with E-state index in [1.165, 1.54) is 31.9 Å². The van der Waals surface area contributed by atoms with Crippen molar-refractivity contribution in [1.29, 1.82) is 0 Å². The smallest absolute Gasteiger partial charge is 0.337 e. The van der Waals surface area contributed by atoms with E-state index in [2.05, 4.69) is 11.4 Å². The van der Waals surface area contributed by atoms with Crippen LogP contribution in [0.3, 0.4) is 0 Å². The summed E-state index contributed by atoms with van der Waals surface area (Å²) in [5, 5.41) is 13.3. The zero-order valence-corrected chi connectivity index (χ0v) is 15.7. The lowest BCUT2D eigenvalue weighted by Crippen LogP contribution is -2.36. The van der Waals surface area contributed by atoms with Crippen LogP contribution in [0.25, 0.3) is 0 Å². The summed E-state index contributed by atoms with van der Waals surface area (Å²) in [5.41, 5.74) is 3.90. The molecule has 2 fully saturated rings. The predicted molar refractivity (Wildman–Crippen MR) is 105 cm³/mol. The molecule has 2 aromatic carbocycles. The van der Waals surface area contributed by atoms with Gasteiger partial charge in [-0.05, 0) is 72.3 Å². The Morgan fingerprint density at radius 1 is 1.07 bits per heavy atom. The number of fused-ring (bicyclic) bond motifs is 7. The molecular weight excluding hydrogens is 354 g/mol. The molecule has 2 bridgehead atoms. The van der Waals surface area contributed by atoms with Crippen molar-refractivity contribution < 1.29 is 19.4 Å². The van der Waals surface area contributed by atoms with Gasteiger partial charge in [0.15, 0.2) is 0 Å². The number of anilines is 1. The molecule has 1 heterocycles. The third kappa shape index (κ3) is 2.45. The Kier molecular flexibility index (Phi) is 3.93. The predicted octanol–water partition coefficient (Wildman–Crippen LogP) is 4.47. The number of carbonyl (C=O) groups is 2. The van der Waals surface area contributed by atoms with E-state index in [1.54, 1.807) is 18.2 Å². The van der Waals surface area contributed by atoms with Gasteiger partial charge in [-0.3, -0.25) is 0 Å². The van der Waals surface area contributed by atoms with Crippen LogP contribution in [0.5, 0.6) is 0 Å². The van der Waals surface area contributed by atoms with Crippen LogP contribution in [0, 0.1) is 17.8 Å². The molecule has 2 N–H and O–H groups in total. The van der Waals surface area contributed by atoms with Crippen LogP contribution in [-0.2, 0) is 4.74 Å². The number of benzene rings is 2. The number of carboxylic acid groups (broad SMARTS) is 1. The molecule has 0 saturated heterocycles. The summed E-state index contributed by atoms with van der Waals surface area (Å²) in [6, 6.07) is 13.2. The first kappa shape index (κ1) is 17.3. The van der Waals surface area contributed by atoms with E-state index in [9.17, 15) is 14.7 Å². The number of hydrogen-bond acceptors (Lipinski definition) is 4. The third-order valence-electron chi connectivity index (χ3n) is 7.04. The van der Waals surface area contributed by atoms with Crippen molar-refractivity contribution in [2.45, 2.75) is 31.2 Å². The topological polar surface area (TPSA) is 75.6 Å². The minimum atomic E-state index is -0.897. The lowest BCUT2D eigenvalue weighted by Gasteiger charge is -2.44. The second-order valence-electron chi connectivity index (χ2n) is 8.25. The summed E-state index contributed by atoms with van der Waals surface area (Å²) in [6.07, 6.45) is 3.71. The van der Waals surface area contributed by atoms with Crippen molar-refractivity contribution in [1.82, 2.24) is 0 Å². The fourth-order valence-corrected chi connectivity index (χ4v) is 5.97. The third-order valence-corrected chi connectivity index (χ3v) is 7.04. The van der Waals surface area contributed by atoms with Crippen LogP contribution in [0.15, 0.2) is 42.5 Å². The van der Waals surface area contributed by atoms with E-state index in [0.29, 0.717) is 34.8 Å². The molecule has 2 aliphatic carbocycles. The summed E-state index contributed by atoms with van der Waals surface area (Å²) in [7, 11) is 1.38. The van der Waals surface area contributed by atoms with Crippen LogP contribution in [0.4, 0.5) is 5.69 Å². The number of carbonyl (C=O) groups excluding carboxylic acids is 1. The lowest BCUT2D eigenvalue weighted by molar-refractivity contribution is 0.0599. The summed E-state index contributed by atoms with van der Waals surface area (Å²) < 4.78 is 4.80. The molecule has 0 unspecified atom stereocenters. The van der Waals surface area contributed by atoms with Crippen molar-refractivity contribution in [2.75, 3.05) is 12.4 Å². The minimum Gasteiger partial charge on any atom is -0.478 e. The van der Waals surface area contributed by atoms with E-state index in [4.69, 9.17) is 4.74 Å². The van der Waals surface area contributed by atoms with Crippen molar-refractivity contribution >= 4 is 17.6 Å². The summed E-state index contributed by atoms with van der Waals surface area (Å²) >= 11 is 0. The second kappa shape index (κ2) is 6.36. The monoisotopic (exact) mass is 377 g/mol. The number of ether oxygens (including phenoxy) is 1. The maximum Gasteiger partial charge on any atom is 0.337 e. The molecule has 144 valence electrons. The Hall–Kier alpha value is -2.82. The number of esters is 1. The largest absolute Gasteiger partial charge is 0.478 e. The van der Waals surface area contributed by atoms with E-state index in [0.717, 1.165) is 11.3 Å². The molecule has 0 amide bonds. The van der Waals surface area contributed by atoms with Crippen molar-refractivity contribution in [2.24, 2.45) is 17.8 Å². The van der Waals surface area contributed by atoms with Crippen LogP contribution in [-0.4, -0.2) is 24.2 Å². The number of para-hydroxylation sites is 1. The van der Waals surface area contributed by atoms with Gasteiger partial charge >= 0.3 is 11.9 Å². The Balaban J connectivity index is 1.59. The molecule has 2 saturated carbocycles. The second-order valence-corrected chi connectivity index (χ2v) is 8.25. The first-order valence-corrected chi connectivity index (χ1v) is 9.89. The first-order valence-electron chi connectivity index (χ1n) is 9.89. The molecule has 3 aliphatic rings. The van der Waals surface area contributed by atoms with Gasteiger partial charge in [-0.25, -0.2) is 9.59 Å². The van der Waals surface area contributed by atoms with Crippen LogP contribution in [0.2, 0.25) is 0 Å². The van der Waals surface area contributed by atoms with E-state index < -0.39 is 5.97 Å². The molecule has 5 atom stereocenters. The normalized spacial score (nSPS) is 29.5. The zero-order chi connectivity index (χ0) is 19.4. The Labute approximate surface area is 163 Å². The van der Waals surface area contributed by atoms with E-state index in [-0.39, 0.29) is 12.0 Å². The van der Waals surface area contributed by atoms with Gasteiger partial charge in [0.2, 0.25) is 0 Å². The number of nitrogens with one attached hydrogen (secondary N) is 1. The highest BCUT2D eigenvalue weighted by atomic mass is 16.5. The SMILES string of the molecule is COC(=O)c1ccc([C@H]2Nc3c(C(=O)O)cccc3[C@H]3[C@H]4CC[C@@H](C4)[C@@H]32)cc1. The van der Waals surface area contributed by atoms with Crippen molar-refractivity contribution in [3.05, 3.63) is 64.7 Å². The molecule has 2 aromatic rings. The van der Waals surface area contributed by atoms with Gasteiger partial charge in [-0.2, -0.15) is 0 Å². The fourth-order valence-electron chi connectivity index (χ4n) is 5.97. The standard InChI is InChI=1S/C23H23NO4/c1-28-23(27)13-7-5-12(6-8-13)20-19-15-10-9-14(11-15)18(19)16-3-2-4-17(22(25)26)21(16)24-20/h2-8,14-15,18-20,24H,9-11H2,1H3,(H,25,26)/t14-,15-,18+,19-,20+/m0/s1.